The second kappa shape index (κ2) is 6.01. The monoisotopic (exact) mass is 277 g/mol. The van der Waals surface area contributed by atoms with Crippen molar-refractivity contribution in [2.24, 2.45) is 10.9 Å². The average molecular weight is 277 g/mol. The summed E-state index contributed by atoms with van der Waals surface area (Å²) in [4.78, 5) is 0. The molecule has 2 aromatic rings. The normalized spacial score (nSPS) is 11.4. The maximum absolute atomic E-state index is 13.5. The lowest BCUT2D eigenvalue weighted by Gasteiger charge is -2.11. The van der Waals surface area contributed by atoms with Crippen molar-refractivity contribution in [3.8, 4) is 0 Å². The van der Waals surface area contributed by atoms with Crippen LogP contribution in [0, 0.1) is 11.6 Å². The number of hydrogen-bond acceptors (Lipinski definition) is 3. The zero-order valence-electron chi connectivity index (χ0n) is 10.5. The lowest BCUT2D eigenvalue weighted by atomic mass is 10.1. The number of nitrogens with zero attached hydrogens (tertiary/aromatic N) is 1. The van der Waals surface area contributed by atoms with Crippen molar-refractivity contribution in [3.05, 3.63) is 65.2 Å². The molecule has 0 bridgehead atoms. The van der Waals surface area contributed by atoms with E-state index in [0.29, 0.717) is 11.1 Å². The van der Waals surface area contributed by atoms with Crippen LogP contribution in [-0.4, -0.2) is 11.0 Å². The highest BCUT2D eigenvalue weighted by Gasteiger charge is 2.09. The van der Waals surface area contributed by atoms with Crippen LogP contribution in [0.25, 0.3) is 0 Å². The molecule has 20 heavy (non-hydrogen) atoms. The van der Waals surface area contributed by atoms with Gasteiger partial charge in [0.1, 0.15) is 0 Å². The molecule has 0 aliphatic rings. The lowest BCUT2D eigenvalue weighted by molar-refractivity contribution is 0.318. The van der Waals surface area contributed by atoms with Crippen LogP contribution in [0.3, 0.4) is 0 Å². The molecule has 0 aromatic heterocycles. The molecule has 0 heterocycles. The zero-order valence-corrected chi connectivity index (χ0v) is 10.5. The van der Waals surface area contributed by atoms with Gasteiger partial charge in [-0.1, -0.05) is 35.5 Å². The predicted molar refractivity (Wildman–Crippen MR) is 72.6 cm³/mol. The van der Waals surface area contributed by atoms with Crippen molar-refractivity contribution >= 4 is 11.5 Å². The fraction of sp³-hybridized carbons (Fsp3) is 0.0714. The summed E-state index contributed by atoms with van der Waals surface area (Å²) in [5.74, 6) is -1.89. The Kier molecular flexibility index (Phi) is 4.14. The number of rotatable bonds is 4. The van der Waals surface area contributed by atoms with E-state index in [1.165, 1.54) is 12.1 Å². The highest BCUT2D eigenvalue weighted by molar-refractivity contribution is 5.98. The lowest BCUT2D eigenvalue weighted by Crippen LogP contribution is -2.17. The Bertz CT molecular complexity index is 644. The van der Waals surface area contributed by atoms with Gasteiger partial charge in [0.05, 0.1) is 5.69 Å². The molecule has 104 valence electrons. The molecule has 2 rings (SSSR count). The van der Waals surface area contributed by atoms with E-state index in [-0.39, 0.29) is 18.1 Å². The molecule has 4 nitrogen and oxygen atoms in total. The summed E-state index contributed by atoms with van der Waals surface area (Å²) in [5, 5.41) is 14.4. The third kappa shape index (κ3) is 2.85. The zero-order chi connectivity index (χ0) is 14.5. The first-order chi connectivity index (χ1) is 9.63. The molecule has 0 atom stereocenters. The van der Waals surface area contributed by atoms with Crippen molar-refractivity contribution < 1.29 is 14.0 Å². The van der Waals surface area contributed by atoms with E-state index in [2.05, 4.69) is 10.5 Å². The molecule has 0 fully saturated rings. The van der Waals surface area contributed by atoms with Gasteiger partial charge in [0.2, 0.25) is 0 Å². The van der Waals surface area contributed by atoms with Crippen LogP contribution in [0.4, 0.5) is 14.5 Å². The first kappa shape index (κ1) is 13.8. The minimum atomic E-state index is -0.936. The van der Waals surface area contributed by atoms with E-state index in [1.807, 2.05) is 0 Å². The Labute approximate surface area is 114 Å². The molecule has 4 N–H and O–H groups in total. The van der Waals surface area contributed by atoms with Crippen LogP contribution >= 0.6 is 0 Å². The molecule has 0 spiro atoms. The minimum absolute atomic E-state index is 0.0397. The van der Waals surface area contributed by atoms with Crippen LogP contribution in [0.5, 0.6) is 0 Å². The molecule has 0 saturated carbocycles. The van der Waals surface area contributed by atoms with Crippen molar-refractivity contribution in [1.82, 2.24) is 0 Å². The van der Waals surface area contributed by atoms with Crippen LogP contribution in [0.2, 0.25) is 0 Å². The average Bonchev–Trinajstić information content (AvgIpc) is 2.48. The molecule has 2 aromatic carbocycles. The second-order valence-corrected chi connectivity index (χ2v) is 4.10. The Hall–Kier alpha value is -2.63. The van der Waals surface area contributed by atoms with Gasteiger partial charge in [-0.05, 0) is 17.7 Å². The van der Waals surface area contributed by atoms with E-state index in [0.717, 1.165) is 6.07 Å². The number of amidine groups is 1. The summed E-state index contributed by atoms with van der Waals surface area (Å²) in [6, 6.07) is 10.8. The smallest absolute Gasteiger partial charge is 0.181 e. The van der Waals surface area contributed by atoms with E-state index < -0.39 is 11.6 Å². The maximum atomic E-state index is 13.5. The third-order valence-corrected chi connectivity index (χ3v) is 2.82. The van der Waals surface area contributed by atoms with E-state index in [9.17, 15) is 8.78 Å². The molecule has 0 unspecified atom stereocenters. The van der Waals surface area contributed by atoms with Gasteiger partial charge in [-0.25, -0.2) is 8.78 Å². The van der Waals surface area contributed by atoms with Gasteiger partial charge in [0, 0.05) is 12.1 Å². The summed E-state index contributed by atoms with van der Waals surface area (Å²) < 4.78 is 26.6. The van der Waals surface area contributed by atoms with E-state index >= 15 is 0 Å². The van der Waals surface area contributed by atoms with Crippen molar-refractivity contribution in [1.29, 1.82) is 0 Å². The molecular formula is C14H13F2N3O. The molecule has 0 aliphatic carbocycles. The van der Waals surface area contributed by atoms with Gasteiger partial charge in [0.25, 0.3) is 0 Å². The number of nitrogens with one attached hydrogen (secondary N) is 1. The van der Waals surface area contributed by atoms with E-state index in [1.54, 1.807) is 24.3 Å². The SMILES string of the molecule is NC(=NO)c1ccccc1CNc1cccc(F)c1F. The molecule has 0 saturated heterocycles. The quantitative estimate of drug-likeness (QED) is 0.348. The minimum Gasteiger partial charge on any atom is -0.409 e. The number of nitrogens with two attached hydrogens (primary N) is 1. The number of halogens is 2. The Morgan fingerprint density at radius 2 is 1.90 bits per heavy atom. The number of hydrogen-bond donors (Lipinski definition) is 3. The summed E-state index contributed by atoms with van der Waals surface area (Å²) in [7, 11) is 0. The first-order valence-corrected chi connectivity index (χ1v) is 5.87. The summed E-state index contributed by atoms with van der Waals surface area (Å²) in [6.45, 7) is 0.215. The standard InChI is InChI=1S/C14H13F2N3O/c15-11-6-3-7-12(13(11)16)18-8-9-4-1-2-5-10(9)14(17)19-20/h1-7,18,20H,8H2,(H2,17,19). The highest BCUT2D eigenvalue weighted by atomic mass is 19.2. The van der Waals surface area contributed by atoms with Crippen molar-refractivity contribution in [2.75, 3.05) is 5.32 Å². The second-order valence-electron chi connectivity index (χ2n) is 4.10. The van der Waals surface area contributed by atoms with Gasteiger partial charge in [0.15, 0.2) is 17.5 Å². The van der Waals surface area contributed by atoms with Gasteiger partial charge < -0.3 is 16.3 Å². The van der Waals surface area contributed by atoms with Gasteiger partial charge in [-0.2, -0.15) is 0 Å². The topological polar surface area (TPSA) is 70.6 Å². The fourth-order valence-corrected chi connectivity index (χ4v) is 1.81. The number of benzene rings is 2. The molecule has 0 aliphatic heterocycles. The van der Waals surface area contributed by atoms with Gasteiger partial charge >= 0.3 is 0 Å². The maximum Gasteiger partial charge on any atom is 0.181 e. The van der Waals surface area contributed by atoms with Crippen LogP contribution in [0.1, 0.15) is 11.1 Å². The Morgan fingerprint density at radius 1 is 1.15 bits per heavy atom. The molecule has 0 radical (unpaired) electrons. The summed E-state index contributed by atoms with van der Waals surface area (Å²) in [5.41, 5.74) is 6.84. The Morgan fingerprint density at radius 3 is 2.65 bits per heavy atom. The molecule has 0 amide bonds. The highest BCUT2D eigenvalue weighted by Crippen LogP contribution is 2.18. The summed E-state index contributed by atoms with van der Waals surface area (Å²) >= 11 is 0. The van der Waals surface area contributed by atoms with Crippen LogP contribution in [0.15, 0.2) is 47.6 Å². The Balaban J connectivity index is 2.21. The van der Waals surface area contributed by atoms with Crippen LogP contribution in [-0.2, 0) is 6.54 Å². The van der Waals surface area contributed by atoms with Crippen LogP contribution < -0.4 is 11.1 Å². The van der Waals surface area contributed by atoms with Crippen molar-refractivity contribution in [3.63, 3.8) is 0 Å². The fourth-order valence-electron chi connectivity index (χ4n) is 1.81. The van der Waals surface area contributed by atoms with E-state index in [4.69, 9.17) is 10.9 Å². The third-order valence-electron chi connectivity index (χ3n) is 2.82. The predicted octanol–water partition coefficient (Wildman–Crippen LogP) is 2.67. The molecular weight excluding hydrogens is 264 g/mol. The molecule has 6 heteroatoms. The van der Waals surface area contributed by atoms with Crippen molar-refractivity contribution in [2.45, 2.75) is 6.54 Å². The van der Waals surface area contributed by atoms with Gasteiger partial charge in [-0.3, -0.25) is 0 Å². The number of anilines is 1. The number of oxime groups is 1. The largest absolute Gasteiger partial charge is 0.409 e. The van der Waals surface area contributed by atoms with Gasteiger partial charge in [-0.15, -0.1) is 0 Å². The first-order valence-electron chi connectivity index (χ1n) is 5.87. The summed E-state index contributed by atoms with van der Waals surface area (Å²) in [6.07, 6.45) is 0.